The first-order valence-corrected chi connectivity index (χ1v) is 6.75. The molecule has 2 aromatic rings. The third-order valence-electron chi connectivity index (χ3n) is 3.27. The van der Waals surface area contributed by atoms with Crippen LogP contribution < -0.4 is 4.90 Å². The first kappa shape index (κ1) is 14.7. The highest BCUT2D eigenvalue weighted by molar-refractivity contribution is 6.10. The molecule has 1 atom stereocenters. The van der Waals surface area contributed by atoms with Crippen LogP contribution in [-0.4, -0.2) is 17.7 Å². The van der Waals surface area contributed by atoms with Crippen molar-refractivity contribution in [1.29, 1.82) is 0 Å². The lowest BCUT2D eigenvalue weighted by molar-refractivity contribution is -0.114. The number of hydrogen-bond acceptors (Lipinski definition) is 2. The van der Waals surface area contributed by atoms with Crippen LogP contribution in [0.2, 0.25) is 0 Å². The van der Waals surface area contributed by atoms with E-state index in [-0.39, 0.29) is 11.7 Å². The molecule has 1 unspecified atom stereocenters. The fourth-order valence-corrected chi connectivity index (χ4v) is 2.19. The number of hydrogen-bond donors (Lipinski definition) is 0. The topological polar surface area (TPSA) is 37.4 Å². The Morgan fingerprint density at radius 1 is 1.00 bits per heavy atom. The van der Waals surface area contributed by atoms with Gasteiger partial charge in [0.1, 0.15) is 0 Å². The molecule has 0 aliphatic carbocycles. The van der Waals surface area contributed by atoms with Crippen LogP contribution in [0.15, 0.2) is 73.3 Å². The monoisotopic (exact) mass is 279 g/mol. The third kappa shape index (κ3) is 3.26. The van der Waals surface area contributed by atoms with Gasteiger partial charge in [-0.3, -0.25) is 14.5 Å². The average molecular weight is 279 g/mol. The Labute approximate surface area is 124 Å². The van der Waals surface area contributed by atoms with Crippen LogP contribution in [0.5, 0.6) is 0 Å². The molecule has 3 heteroatoms. The molecule has 0 bridgehead atoms. The number of rotatable bonds is 5. The quantitative estimate of drug-likeness (QED) is 0.620. The standard InChI is InChI=1S/C18H17NO2/c1-3-17(20)19(16-12-8-5-9-13-16)14(2)18(21)15-10-6-4-7-11-15/h3-14H,1H2,2H3. The fourth-order valence-electron chi connectivity index (χ4n) is 2.19. The summed E-state index contributed by atoms with van der Waals surface area (Å²) in [6.45, 7) is 5.24. The van der Waals surface area contributed by atoms with Crippen molar-refractivity contribution in [2.24, 2.45) is 0 Å². The normalized spacial score (nSPS) is 11.5. The van der Waals surface area contributed by atoms with Gasteiger partial charge in [-0.1, -0.05) is 55.1 Å². The summed E-state index contributed by atoms with van der Waals surface area (Å²) in [6, 6.07) is 17.5. The van der Waals surface area contributed by atoms with Crippen molar-refractivity contribution in [2.75, 3.05) is 4.90 Å². The molecule has 3 nitrogen and oxygen atoms in total. The molecule has 0 spiro atoms. The molecular weight excluding hydrogens is 262 g/mol. The summed E-state index contributed by atoms with van der Waals surface area (Å²) < 4.78 is 0. The van der Waals surface area contributed by atoms with Crippen LogP contribution in [0.4, 0.5) is 5.69 Å². The van der Waals surface area contributed by atoms with Gasteiger partial charge < -0.3 is 0 Å². The molecule has 0 radical (unpaired) electrons. The zero-order valence-corrected chi connectivity index (χ0v) is 11.9. The number of carbonyl (C=O) groups excluding carboxylic acids is 2. The van der Waals surface area contributed by atoms with Crippen LogP contribution in [0.3, 0.4) is 0 Å². The number of ketones is 1. The maximum atomic E-state index is 12.6. The minimum absolute atomic E-state index is 0.102. The molecule has 0 fully saturated rings. The van der Waals surface area contributed by atoms with E-state index in [1.165, 1.54) is 11.0 Å². The maximum Gasteiger partial charge on any atom is 0.251 e. The van der Waals surface area contributed by atoms with Gasteiger partial charge in [-0.25, -0.2) is 0 Å². The molecular formula is C18H17NO2. The molecule has 2 rings (SSSR count). The highest BCUT2D eigenvalue weighted by atomic mass is 16.2. The SMILES string of the molecule is C=CC(=O)N(c1ccccc1)C(C)C(=O)c1ccccc1. The Hall–Kier alpha value is -2.68. The van der Waals surface area contributed by atoms with E-state index in [1.54, 1.807) is 31.2 Å². The minimum Gasteiger partial charge on any atom is -0.298 e. The predicted octanol–water partition coefficient (Wildman–Crippen LogP) is 3.48. The molecule has 106 valence electrons. The van der Waals surface area contributed by atoms with Crippen molar-refractivity contribution in [1.82, 2.24) is 0 Å². The zero-order valence-electron chi connectivity index (χ0n) is 11.9. The highest BCUT2D eigenvalue weighted by Gasteiger charge is 2.26. The number of carbonyl (C=O) groups is 2. The minimum atomic E-state index is -0.597. The summed E-state index contributed by atoms with van der Waals surface area (Å²) in [4.78, 5) is 26.2. The van der Waals surface area contributed by atoms with Gasteiger partial charge in [0.05, 0.1) is 6.04 Å². The lowest BCUT2D eigenvalue weighted by Crippen LogP contribution is -2.42. The molecule has 2 aromatic carbocycles. The van der Waals surface area contributed by atoms with Gasteiger partial charge in [0.2, 0.25) is 0 Å². The van der Waals surface area contributed by atoms with E-state index in [0.717, 1.165) is 0 Å². The van der Waals surface area contributed by atoms with E-state index in [4.69, 9.17) is 0 Å². The number of nitrogens with zero attached hydrogens (tertiary/aromatic N) is 1. The van der Waals surface area contributed by atoms with E-state index in [1.807, 2.05) is 36.4 Å². The summed E-state index contributed by atoms with van der Waals surface area (Å²) in [5, 5.41) is 0. The zero-order chi connectivity index (χ0) is 15.2. The van der Waals surface area contributed by atoms with E-state index >= 15 is 0 Å². The van der Waals surface area contributed by atoms with Crippen molar-refractivity contribution < 1.29 is 9.59 Å². The van der Waals surface area contributed by atoms with Crippen LogP contribution in [-0.2, 0) is 4.79 Å². The van der Waals surface area contributed by atoms with Crippen molar-refractivity contribution >= 4 is 17.4 Å². The largest absolute Gasteiger partial charge is 0.298 e. The first-order valence-electron chi connectivity index (χ1n) is 6.75. The smallest absolute Gasteiger partial charge is 0.251 e. The molecule has 0 N–H and O–H groups in total. The molecule has 0 aromatic heterocycles. The van der Waals surface area contributed by atoms with E-state index in [9.17, 15) is 9.59 Å². The van der Waals surface area contributed by atoms with Crippen molar-refractivity contribution in [3.05, 3.63) is 78.9 Å². The summed E-state index contributed by atoms with van der Waals surface area (Å²) in [7, 11) is 0. The van der Waals surface area contributed by atoms with Crippen LogP contribution in [0, 0.1) is 0 Å². The predicted molar refractivity (Wildman–Crippen MR) is 84.4 cm³/mol. The van der Waals surface area contributed by atoms with E-state index < -0.39 is 6.04 Å². The molecule has 0 aliphatic rings. The Bertz CT molecular complexity index is 635. The highest BCUT2D eigenvalue weighted by Crippen LogP contribution is 2.19. The molecule has 1 amide bonds. The van der Waals surface area contributed by atoms with Gasteiger partial charge in [-0.15, -0.1) is 0 Å². The first-order chi connectivity index (χ1) is 10.1. The molecule has 0 aliphatic heterocycles. The van der Waals surface area contributed by atoms with Gasteiger partial charge >= 0.3 is 0 Å². The second-order valence-corrected chi connectivity index (χ2v) is 4.65. The fraction of sp³-hybridized carbons (Fsp3) is 0.111. The number of para-hydroxylation sites is 1. The number of Topliss-reactive ketones (excluding diaryl/α,β-unsaturated/α-hetero) is 1. The van der Waals surface area contributed by atoms with Crippen molar-refractivity contribution in [2.45, 2.75) is 13.0 Å². The van der Waals surface area contributed by atoms with Gasteiger partial charge in [-0.2, -0.15) is 0 Å². The summed E-state index contributed by atoms with van der Waals surface area (Å²) in [5.74, 6) is -0.396. The van der Waals surface area contributed by atoms with Gasteiger partial charge in [0.15, 0.2) is 5.78 Å². The summed E-state index contributed by atoms with van der Waals surface area (Å²) >= 11 is 0. The molecule has 0 saturated heterocycles. The van der Waals surface area contributed by atoms with Gasteiger partial charge in [0.25, 0.3) is 5.91 Å². The maximum absolute atomic E-state index is 12.6. The Morgan fingerprint density at radius 2 is 1.52 bits per heavy atom. The second kappa shape index (κ2) is 6.66. The second-order valence-electron chi connectivity index (χ2n) is 4.65. The lowest BCUT2D eigenvalue weighted by atomic mass is 10.0. The van der Waals surface area contributed by atoms with Gasteiger partial charge in [0, 0.05) is 11.3 Å². The number of anilines is 1. The lowest BCUT2D eigenvalue weighted by Gasteiger charge is -2.27. The number of benzene rings is 2. The van der Waals surface area contributed by atoms with Crippen molar-refractivity contribution in [3.8, 4) is 0 Å². The third-order valence-corrected chi connectivity index (χ3v) is 3.27. The molecule has 0 saturated carbocycles. The van der Waals surface area contributed by atoms with Crippen LogP contribution in [0.25, 0.3) is 0 Å². The van der Waals surface area contributed by atoms with Crippen LogP contribution >= 0.6 is 0 Å². The molecule has 21 heavy (non-hydrogen) atoms. The summed E-state index contributed by atoms with van der Waals surface area (Å²) in [5.41, 5.74) is 1.27. The Kier molecular flexibility index (Phi) is 4.67. The van der Waals surface area contributed by atoms with E-state index in [0.29, 0.717) is 11.3 Å². The van der Waals surface area contributed by atoms with Crippen LogP contribution in [0.1, 0.15) is 17.3 Å². The average Bonchev–Trinajstić information content (AvgIpc) is 2.55. The Morgan fingerprint density at radius 3 is 2.05 bits per heavy atom. The molecule has 0 heterocycles. The summed E-state index contributed by atoms with van der Waals surface area (Å²) in [6.07, 6.45) is 1.22. The van der Waals surface area contributed by atoms with E-state index in [2.05, 4.69) is 6.58 Å². The number of amides is 1. The van der Waals surface area contributed by atoms with Gasteiger partial charge in [-0.05, 0) is 25.1 Å². The Balaban J connectivity index is 2.35. The van der Waals surface area contributed by atoms with Crippen molar-refractivity contribution in [3.63, 3.8) is 0 Å².